The average Bonchev–Trinajstić information content (AvgIpc) is 2.75. The predicted molar refractivity (Wildman–Crippen MR) is 48.9 cm³/mol. The molecule has 15 heavy (non-hydrogen) atoms. The molecule has 6 nitrogen and oxygen atoms in total. The van der Waals surface area contributed by atoms with Crippen molar-refractivity contribution in [2.75, 3.05) is 12.9 Å². The van der Waals surface area contributed by atoms with Crippen molar-refractivity contribution >= 4 is 22.7 Å². The van der Waals surface area contributed by atoms with E-state index in [0.717, 1.165) is 0 Å². The van der Waals surface area contributed by atoms with E-state index >= 15 is 0 Å². The van der Waals surface area contributed by atoms with Gasteiger partial charge >= 0.3 is 11.9 Å². The molecule has 0 aromatic rings. The largest absolute Gasteiger partial charge is 0.480 e. The minimum atomic E-state index is -1.65. The van der Waals surface area contributed by atoms with Crippen LogP contribution in [0.5, 0.6) is 0 Å². The summed E-state index contributed by atoms with van der Waals surface area (Å²) in [5.74, 6) is -3.08. The van der Waals surface area contributed by atoms with Crippen LogP contribution in [0.2, 0.25) is 0 Å². The molecule has 2 fully saturated rings. The van der Waals surface area contributed by atoms with E-state index in [1.165, 1.54) is 6.26 Å². The van der Waals surface area contributed by atoms with E-state index in [9.17, 15) is 13.8 Å². The number of ether oxygens (including phenoxy) is 1. The van der Waals surface area contributed by atoms with E-state index in [2.05, 4.69) is 0 Å². The summed E-state index contributed by atoms with van der Waals surface area (Å²) in [6, 6.07) is 0. The molecule has 2 rings (SSSR count). The van der Waals surface area contributed by atoms with Gasteiger partial charge < -0.3 is 14.9 Å². The maximum absolute atomic E-state index is 11.5. The molecule has 2 aliphatic rings. The van der Waals surface area contributed by atoms with E-state index in [1.807, 2.05) is 0 Å². The monoisotopic (exact) mass is 234 g/mol. The third kappa shape index (κ3) is 1.04. The molecule has 1 aliphatic heterocycles. The van der Waals surface area contributed by atoms with Crippen LogP contribution >= 0.6 is 0 Å². The summed E-state index contributed by atoms with van der Waals surface area (Å²) in [7, 11) is -1.65. The topological polar surface area (TPSA) is 101 Å². The Bertz CT molecular complexity index is 363. The molecule has 0 aromatic carbocycles. The van der Waals surface area contributed by atoms with Crippen molar-refractivity contribution < 1.29 is 28.7 Å². The molecule has 4 unspecified atom stereocenters. The molecule has 2 N–H and O–H groups in total. The van der Waals surface area contributed by atoms with E-state index in [0.29, 0.717) is 0 Å². The number of carboxylic acid groups (broad SMARTS) is 2. The molecule has 0 radical (unpaired) electrons. The quantitative estimate of drug-likeness (QED) is 0.653. The molecule has 0 bridgehead atoms. The summed E-state index contributed by atoms with van der Waals surface area (Å²) in [6.07, 6.45) is 1.40. The summed E-state index contributed by atoms with van der Waals surface area (Å²) in [5, 5.41) is 18.0. The van der Waals surface area contributed by atoms with Crippen LogP contribution in [0.25, 0.3) is 0 Å². The van der Waals surface area contributed by atoms with Crippen molar-refractivity contribution in [3.05, 3.63) is 0 Å². The van der Waals surface area contributed by atoms with Crippen molar-refractivity contribution in [3.63, 3.8) is 0 Å². The van der Waals surface area contributed by atoms with Crippen LogP contribution in [0.15, 0.2) is 0 Å². The molecule has 1 saturated carbocycles. The van der Waals surface area contributed by atoms with Gasteiger partial charge in [0.2, 0.25) is 0 Å². The van der Waals surface area contributed by atoms with Crippen molar-refractivity contribution in [3.8, 4) is 0 Å². The second-order valence-corrected chi connectivity index (χ2v) is 5.53. The lowest BCUT2D eigenvalue weighted by Gasteiger charge is -2.20. The van der Waals surface area contributed by atoms with E-state index < -0.39 is 39.0 Å². The number of carbonyl (C=O) groups is 2. The van der Waals surface area contributed by atoms with E-state index in [4.69, 9.17) is 14.9 Å². The fourth-order valence-corrected chi connectivity index (χ4v) is 3.34. The van der Waals surface area contributed by atoms with E-state index in [-0.39, 0.29) is 13.0 Å². The molecule has 1 saturated heterocycles. The molecular weight excluding hydrogens is 224 g/mol. The van der Waals surface area contributed by atoms with Crippen molar-refractivity contribution in [1.82, 2.24) is 0 Å². The third-order valence-electron chi connectivity index (χ3n) is 3.25. The molecule has 0 aromatic heterocycles. The number of hydrogen-bond donors (Lipinski definition) is 2. The first-order chi connectivity index (χ1) is 6.88. The zero-order chi connectivity index (χ0) is 11.4. The van der Waals surface area contributed by atoms with Gasteiger partial charge in [0.05, 0.1) is 6.61 Å². The SMILES string of the molecule is CS(=O)C1(C(=O)O)COC2(C(=O)O)CC21. The van der Waals surface area contributed by atoms with Gasteiger partial charge in [0, 0.05) is 23.0 Å². The zero-order valence-electron chi connectivity index (χ0n) is 7.93. The first kappa shape index (κ1) is 10.6. The lowest BCUT2D eigenvalue weighted by Crippen LogP contribution is -2.46. The molecule has 84 valence electrons. The first-order valence-corrected chi connectivity index (χ1v) is 5.88. The Morgan fingerprint density at radius 2 is 2.00 bits per heavy atom. The Morgan fingerprint density at radius 1 is 1.40 bits per heavy atom. The van der Waals surface area contributed by atoms with Crippen molar-refractivity contribution in [1.29, 1.82) is 0 Å². The molecule has 1 aliphatic carbocycles. The highest BCUT2D eigenvalue weighted by atomic mass is 32.2. The summed E-state index contributed by atoms with van der Waals surface area (Å²) in [5.41, 5.74) is -1.40. The fourth-order valence-electron chi connectivity index (χ4n) is 2.20. The highest BCUT2D eigenvalue weighted by molar-refractivity contribution is 7.86. The van der Waals surface area contributed by atoms with Gasteiger partial charge in [-0.25, -0.2) is 4.79 Å². The molecule has 0 spiro atoms. The van der Waals surface area contributed by atoms with Crippen LogP contribution in [-0.4, -0.2) is 49.6 Å². The summed E-state index contributed by atoms with van der Waals surface area (Å²) in [4.78, 5) is 22.0. The minimum Gasteiger partial charge on any atom is -0.480 e. The maximum atomic E-state index is 11.5. The lowest BCUT2D eigenvalue weighted by molar-refractivity contribution is -0.152. The number of aliphatic carboxylic acids is 2. The zero-order valence-corrected chi connectivity index (χ0v) is 8.74. The van der Waals surface area contributed by atoms with Gasteiger partial charge in [-0.2, -0.15) is 0 Å². The van der Waals surface area contributed by atoms with Crippen molar-refractivity contribution in [2.24, 2.45) is 5.92 Å². The Kier molecular flexibility index (Phi) is 1.97. The summed E-state index contributed by atoms with van der Waals surface area (Å²) < 4.78 is 15.0. The number of hydrogen-bond acceptors (Lipinski definition) is 4. The molecule has 1 heterocycles. The Balaban J connectivity index is 2.38. The molecule has 7 heteroatoms. The Morgan fingerprint density at radius 3 is 2.20 bits per heavy atom. The van der Waals surface area contributed by atoms with Gasteiger partial charge in [0.25, 0.3) is 0 Å². The number of fused-ring (bicyclic) bond motifs is 1. The van der Waals surface area contributed by atoms with Gasteiger partial charge in [0.15, 0.2) is 10.3 Å². The van der Waals surface area contributed by atoms with E-state index in [1.54, 1.807) is 0 Å². The number of carboxylic acids is 2. The van der Waals surface area contributed by atoms with Gasteiger partial charge in [-0.3, -0.25) is 9.00 Å². The standard InChI is InChI=1S/C8H10O6S/c1-15(13)8(6(11)12)3-14-7(5(9)10)2-4(7)8/h4H,2-3H2,1H3,(H,9,10)(H,11,12). The lowest BCUT2D eigenvalue weighted by atomic mass is 10.0. The van der Waals surface area contributed by atoms with Crippen LogP contribution in [-0.2, 0) is 25.1 Å². The normalized spacial score (nSPS) is 44.5. The smallest absolute Gasteiger partial charge is 0.336 e. The first-order valence-electron chi connectivity index (χ1n) is 4.32. The second-order valence-electron chi connectivity index (χ2n) is 3.89. The second kappa shape index (κ2) is 2.79. The highest BCUT2D eigenvalue weighted by Gasteiger charge is 2.79. The molecule has 0 amide bonds. The predicted octanol–water partition coefficient (Wildman–Crippen LogP) is -0.938. The van der Waals surface area contributed by atoms with Crippen LogP contribution < -0.4 is 0 Å². The molecule has 4 atom stereocenters. The molecular formula is C8H10O6S. The summed E-state index contributed by atoms with van der Waals surface area (Å²) >= 11 is 0. The third-order valence-corrected chi connectivity index (χ3v) is 4.86. The van der Waals surface area contributed by atoms with Crippen LogP contribution in [0.1, 0.15) is 6.42 Å². The number of rotatable bonds is 3. The van der Waals surface area contributed by atoms with Crippen LogP contribution in [0.3, 0.4) is 0 Å². The maximum Gasteiger partial charge on any atom is 0.336 e. The van der Waals surface area contributed by atoms with Gasteiger partial charge in [-0.1, -0.05) is 0 Å². The van der Waals surface area contributed by atoms with Gasteiger partial charge in [0.1, 0.15) is 0 Å². The van der Waals surface area contributed by atoms with Crippen LogP contribution in [0, 0.1) is 5.92 Å². The minimum absolute atomic E-state index is 0.133. The fraction of sp³-hybridized carbons (Fsp3) is 0.750. The summed E-state index contributed by atoms with van der Waals surface area (Å²) in [6.45, 7) is -0.289. The Labute approximate surface area is 87.7 Å². The Hall–Kier alpha value is -0.950. The van der Waals surface area contributed by atoms with Crippen LogP contribution in [0.4, 0.5) is 0 Å². The van der Waals surface area contributed by atoms with Gasteiger partial charge in [-0.15, -0.1) is 0 Å². The van der Waals surface area contributed by atoms with Gasteiger partial charge in [-0.05, 0) is 6.42 Å². The highest BCUT2D eigenvalue weighted by Crippen LogP contribution is 2.60. The average molecular weight is 234 g/mol. The van der Waals surface area contributed by atoms with Crippen molar-refractivity contribution in [2.45, 2.75) is 16.8 Å².